The lowest BCUT2D eigenvalue weighted by molar-refractivity contribution is -0.128. The van der Waals surface area contributed by atoms with Crippen LogP contribution in [0.4, 0.5) is 0 Å². The molecule has 0 aliphatic carbocycles. The van der Waals surface area contributed by atoms with Gasteiger partial charge in [0.2, 0.25) is 5.91 Å². The van der Waals surface area contributed by atoms with Crippen molar-refractivity contribution in [2.45, 2.75) is 52.9 Å². The Morgan fingerprint density at radius 1 is 1.22 bits per heavy atom. The Morgan fingerprint density at radius 3 is 2.22 bits per heavy atom. The number of rotatable bonds is 5. The molecule has 18 heavy (non-hydrogen) atoms. The molecule has 0 unspecified atom stereocenters. The maximum atomic E-state index is 11.4. The molecule has 0 N–H and O–H groups in total. The van der Waals surface area contributed by atoms with Gasteiger partial charge in [0.05, 0.1) is 0 Å². The summed E-state index contributed by atoms with van der Waals surface area (Å²) in [7, 11) is 3.66. The van der Waals surface area contributed by atoms with E-state index >= 15 is 0 Å². The van der Waals surface area contributed by atoms with E-state index < -0.39 is 0 Å². The van der Waals surface area contributed by atoms with Crippen molar-refractivity contribution < 1.29 is 4.79 Å². The predicted molar refractivity (Wildman–Crippen MR) is 78.7 cm³/mol. The van der Waals surface area contributed by atoms with Crippen LogP contribution in [0.2, 0.25) is 0 Å². The summed E-state index contributed by atoms with van der Waals surface area (Å²) in [6, 6.07) is 0. The lowest BCUT2D eigenvalue weighted by Gasteiger charge is -2.31. The molecule has 3 nitrogen and oxygen atoms in total. The van der Waals surface area contributed by atoms with Crippen LogP contribution >= 0.6 is 0 Å². The largest absolute Gasteiger partial charge is 0.349 e. The van der Waals surface area contributed by atoms with Crippen molar-refractivity contribution in [3.05, 3.63) is 0 Å². The number of likely N-dealkylation sites (tertiary alicyclic amines) is 1. The molecule has 108 valence electrons. The van der Waals surface area contributed by atoms with Crippen LogP contribution in [0.15, 0.2) is 0 Å². The summed E-state index contributed by atoms with van der Waals surface area (Å²) >= 11 is 0. The highest BCUT2D eigenvalue weighted by atomic mass is 16.2. The first-order valence-electron chi connectivity index (χ1n) is 7.56. The van der Waals surface area contributed by atoms with Crippen LogP contribution in [-0.2, 0) is 4.79 Å². The molecule has 0 aromatic rings. The van der Waals surface area contributed by atoms with Gasteiger partial charge in [-0.1, -0.05) is 27.2 Å². The van der Waals surface area contributed by atoms with Crippen LogP contribution in [0.5, 0.6) is 0 Å². The maximum absolute atomic E-state index is 11.4. The van der Waals surface area contributed by atoms with Crippen molar-refractivity contribution >= 4 is 5.91 Å². The molecule has 1 aliphatic rings. The molecule has 0 aromatic heterocycles. The van der Waals surface area contributed by atoms with Crippen LogP contribution in [0, 0.1) is 5.92 Å². The summed E-state index contributed by atoms with van der Waals surface area (Å²) in [6.07, 6.45) is 5.72. The topological polar surface area (TPSA) is 23.6 Å². The zero-order chi connectivity index (χ0) is 14.0. The van der Waals surface area contributed by atoms with Crippen molar-refractivity contribution in [3.63, 3.8) is 0 Å². The fourth-order valence-electron chi connectivity index (χ4n) is 2.30. The van der Waals surface area contributed by atoms with E-state index in [0.29, 0.717) is 6.42 Å². The van der Waals surface area contributed by atoms with Crippen LogP contribution in [0.25, 0.3) is 0 Å². The molecular formula is C15H32N2O. The van der Waals surface area contributed by atoms with E-state index in [9.17, 15) is 4.79 Å². The molecule has 1 amide bonds. The van der Waals surface area contributed by atoms with Crippen LogP contribution < -0.4 is 0 Å². The van der Waals surface area contributed by atoms with E-state index in [1.54, 1.807) is 4.90 Å². The zero-order valence-electron chi connectivity index (χ0n) is 13.0. The second-order valence-electron chi connectivity index (χ2n) is 5.08. The number of hydrogen-bond acceptors (Lipinski definition) is 2. The van der Waals surface area contributed by atoms with Gasteiger partial charge in [0.1, 0.15) is 0 Å². The van der Waals surface area contributed by atoms with Gasteiger partial charge in [0, 0.05) is 20.5 Å². The highest BCUT2D eigenvalue weighted by Crippen LogP contribution is 2.19. The first-order valence-corrected chi connectivity index (χ1v) is 7.56. The van der Waals surface area contributed by atoms with Gasteiger partial charge in [-0.25, -0.2) is 0 Å². The lowest BCUT2D eigenvalue weighted by atomic mass is 9.94. The quantitative estimate of drug-likeness (QED) is 0.755. The molecule has 1 heterocycles. The maximum Gasteiger partial charge on any atom is 0.222 e. The van der Waals surface area contributed by atoms with E-state index in [1.165, 1.54) is 32.4 Å². The Morgan fingerprint density at radius 2 is 1.78 bits per heavy atom. The van der Waals surface area contributed by atoms with Gasteiger partial charge in [0.15, 0.2) is 0 Å². The summed E-state index contributed by atoms with van der Waals surface area (Å²) in [6.45, 7) is 9.84. The Hall–Kier alpha value is -0.570. The minimum atomic E-state index is 0.253. The Kier molecular flexibility index (Phi) is 10.0. The summed E-state index contributed by atoms with van der Waals surface area (Å²) in [5.74, 6) is 1.20. The third-order valence-corrected chi connectivity index (χ3v) is 3.65. The molecule has 1 rings (SSSR count). The number of piperidine rings is 1. The van der Waals surface area contributed by atoms with E-state index in [0.717, 1.165) is 18.9 Å². The SMILES string of the molecule is CC.CCC1CCN(CCCC(=O)N(C)C)CC1. The Bertz CT molecular complexity index is 209. The highest BCUT2D eigenvalue weighted by Gasteiger charge is 2.17. The number of carbonyl (C=O) groups excluding carboxylic acids is 1. The van der Waals surface area contributed by atoms with Crippen LogP contribution in [-0.4, -0.2) is 49.4 Å². The van der Waals surface area contributed by atoms with Crippen molar-refractivity contribution in [1.82, 2.24) is 9.80 Å². The summed E-state index contributed by atoms with van der Waals surface area (Å²) in [4.78, 5) is 15.6. The minimum Gasteiger partial charge on any atom is -0.349 e. The molecule has 0 spiro atoms. The van der Waals surface area contributed by atoms with Gasteiger partial charge in [-0.2, -0.15) is 0 Å². The smallest absolute Gasteiger partial charge is 0.222 e. The van der Waals surface area contributed by atoms with E-state index in [1.807, 2.05) is 27.9 Å². The number of carbonyl (C=O) groups is 1. The van der Waals surface area contributed by atoms with Gasteiger partial charge in [-0.05, 0) is 44.8 Å². The number of nitrogens with zero attached hydrogens (tertiary/aromatic N) is 2. The van der Waals surface area contributed by atoms with Gasteiger partial charge in [-0.15, -0.1) is 0 Å². The zero-order valence-corrected chi connectivity index (χ0v) is 13.0. The number of amides is 1. The molecule has 0 radical (unpaired) electrons. The van der Waals surface area contributed by atoms with Crippen molar-refractivity contribution in [2.75, 3.05) is 33.7 Å². The first-order chi connectivity index (χ1) is 8.63. The molecule has 0 atom stereocenters. The van der Waals surface area contributed by atoms with Gasteiger partial charge in [-0.3, -0.25) is 4.79 Å². The normalized spacial score (nSPS) is 16.9. The fourth-order valence-corrected chi connectivity index (χ4v) is 2.30. The molecule has 3 heteroatoms. The average Bonchev–Trinajstić information content (AvgIpc) is 2.41. The fraction of sp³-hybridized carbons (Fsp3) is 0.933. The summed E-state index contributed by atoms with van der Waals surface area (Å²) in [5, 5.41) is 0. The lowest BCUT2D eigenvalue weighted by Crippen LogP contribution is -2.34. The first kappa shape index (κ1) is 17.4. The van der Waals surface area contributed by atoms with Crippen molar-refractivity contribution in [3.8, 4) is 0 Å². The average molecular weight is 256 g/mol. The van der Waals surface area contributed by atoms with Crippen molar-refractivity contribution in [2.24, 2.45) is 5.92 Å². The van der Waals surface area contributed by atoms with Gasteiger partial charge < -0.3 is 9.80 Å². The minimum absolute atomic E-state index is 0.253. The van der Waals surface area contributed by atoms with Gasteiger partial charge in [0.25, 0.3) is 0 Å². The van der Waals surface area contributed by atoms with Crippen LogP contribution in [0.1, 0.15) is 52.9 Å². The number of hydrogen-bond donors (Lipinski definition) is 0. The third kappa shape index (κ3) is 7.00. The van der Waals surface area contributed by atoms with E-state index in [-0.39, 0.29) is 5.91 Å². The standard InChI is InChI=1S/C13H26N2O.C2H6/c1-4-12-7-10-15(11-8-12)9-5-6-13(16)14(2)3;1-2/h12H,4-11H2,1-3H3;1-2H3. The highest BCUT2D eigenvalue weighted by molar-refractivity contribution is 5.75. The molecule has 0 aromatic carbocycles. The second kappa shape index (κ2) is 10.4. The molecule has 0 bridgehead atoms. The second-order valence-corrected chi connectivity index (χ2v) is 5.08. The summed E-state index contributed by atoms with van der Waals surface area (Å²) in [5.41, 5.74) is 0. The molecular weight excluding hydrogens is 224 g/mol. The third-order valence-electron chi connectivity index (χ3n) is 3.65. The van der Waals surface area contributed by atoms with E-state index in [4.69, 9.17) is 0 Å². The van der Waals surface area contributed by atoms with Crippen molar-refractivity contribution in [1.29, 1.82) is 0 Å². The Balaban J connectivity index is 0.00000137. The predicted octanol–water partition coefficient (Wildman–Crippen LogP) is 3.00. The molecule has 0 saturated carbocycles. The Labute approximate surface area is 114 Å². The summed E-state index contributed by atoms with van der Waals surface area (Å²) < 4.78 is 0. The van der Waals surface area contributed by atoms with Gasteiger partial charge >= 0.3 is 0 Å². The van der Waals surface area contributed by atoms with Crippen LogP contribution in [0.3, 0.4) is 0 Å². The molecule has 1 saturated heterocycles. The van der Waals surface area contributed by atoms with E-state index in [2.05, 4.69) is 11.8 Å². The molecule has 1 aliphatic heterocycles. The molecule has 1 fully saturated rings. The monoisotopic (exact) mass is 256 g/mol.